The third-order valence-corrected chi connectivity index (χ3v) is 7.39. The van der Waals surface area contributed by atoms with Crippen molar-refractivity contribution in [1.82, 2.24) is 14.9 Å². The molecule has 192 valence electrons. The van der Waals surface area contributed by atoms with Crippen molar-refractivity contribution in [2.45, 2.75) is 18.6 Å². The minimum Gasteiger partial charge on any atom is -0.491 e. The fourth-order valence-corrected chi connectivity index (χ4v) is 5.43. The first-order valence-electron chi connectivity index (χ1n) is 12.6. The van der Waals surface area contributed by atoms with Crippen molar-refractivity contribution < 1.29 is 19.7 Å². The Morgan fingerprint density at radius 1 is 0.921 bits per heavy atom. The van der Waals surface area contributed by atoms with E-state index in [2.05, 4.69) is 9.97 Å². The zero-order chi connectivity index (χ0) is 26.2. The third kappa shape index (κ3) is 4.50. The number of hydrogen-bond donors (Lipinski definition) is 4. The summed E-state index contributed by atoms with van der Waals surface area (Å²) >= 11 is 0. The van der Waals surface area contributed by atoms with Crippen LogP contribution in [0.25, 0.3) is 33.1 Å². The summed E-state index contributed by atoms with van der Waals surface area (Å²) in [4.78, 5) is 32.2. The van der Waals surface area contributed by atoms with Gasteiger partial charge in [-0.05, 0) is 53.8 Å². The molecule has 8 nitrogen and oxygen atoms in total. The summed E-state index contributed by atoms with van der Waals surface area (Å²) < 4.78 is 6.09. The topological polar surface area (TPSA) is 119 Å². The Hall–Kier alpha value is -4.56. The zero-order valence-electron chi connectivity index (χ0n) is 20.5. The molecule has 1 unspecified atom stereocenters. The fourth-order valence-electron chi connectivity index (χ4n) is 5.43. The SMILES string of the molecule is O=C(O)N1C[C@H](O)C(Cc2ccccc2)[C@@H]1COc1ccc2[nH]c(-c3cc4ccccc4[nH]c3=O)cc2c1. The van der Waals surface area contributed by atoms with Crippen molar-refractivity contribution in [2.24, 2.45) is 5.92 Å². The number of aromatic amines is 2. The van der Waals surface area contributed by atoms with Crippen LogP contribution in [0.5, 0.6) is 5.75 Å². The van der Waals surface area contributed by atoms with Crippen molar-refractivity contribution in [2.75, 3.05) is 13.2 Å². The van der Waals surface area contributed by atoms with Crippen LogP contribution in [0.15, 0.2) is 89.7 Å². The largest absolute Gasteiger partial charge is 0.491 e. The summed E-state index contributed by atoms with van der Waals surface area (Å²) in [7, 11) is 0. The fraction of sp³-hybridized carbons (Fsp3) is 0.200. The number of carboxylic acid groups (broad SMARTS) is 1. The number of benzene rings is 3. The highest BCUT2D eigenvalue weighted by Gasteiger charge is 2.43. The first-order valence-corrected chi connectivity index (χ1v) is 12.6. The van der Waals surface area contributed by atoms with Gasteiger partial charge in [-0.2, -0.15) is 0 Å². The van der Waals surface area contributed by atoms with Gasteiger partial charge < -0.3 is 24.9 Å². The van der Waals surface area contributed by atoms with Crippen LogP contribution < -0.4 is 10.3 Å². The summed E-state index contributed by atoms with van der Waals surface area (Å²) in [5.41, 5.74) is 3.74. The van der Waals surface area contributed by atoms with Gasteiger partial charge in [0.05, 0.1) is 29.9 Å². The predicted molar refractivity (Wildman–Crippen MR) is 146 cm³/mol. The van der Waals surface area contributed by atoms with E-state index < -0.39 is 18.2 Å². The van der Waals surface area contributed by atoms with Gasteiger partial charge in [0.25, 0.3) is 5.56 Å². The van der Waals surface area contributed by atoms with E-state index >= 15 is 0 Å². The maximum atomic E-state index is 12.7. The molecule has 3 aromatic carbocycles. The van der Waals surface area contributed by atoms with Gasteiger partial charge in [0, 0.05) is 22.3 Å². The molecule has 0 radical (unpaired) electrons. The van der Waals surface area contributed by atoms with Crippen LogP contribution in [0.1, 0.15) is 5.56 Å². The van der Waals surface area contributed by atoms with E-state index in [0.717, 1.165) is 27.4 Å². The molecule has 1 saturated heterocycles. The molecule has 0 bridgehead atoms. The summed E-state index contributed by atoms with van der Waals surface area (Å²) in [5, 5.41) is 22.2. The number of nitrogens with zero attached hydrogens (tertiary/aromatic N) is 1. The van der Waals surface area contributed by atoms with E-state index in [4.69, 9.17) is 4.74 Å². The number of H-pyrrole nitrogens is 2. The van der Waals surface area contributed by atoms with Crippen molar-refractivity contribution in [3.63, 3.8) is 0 Å². The summed E-state index contributed by atoms with van der Waals surface area (Å²) in [6.07, 6.45) is -1.28. The van der Waals surface area contributed by atoms with Crippen LogP contribution in [0.4, 0.5) is 4.79 Å². The monoisotopic (exact) mass is 509 g/mol. The molecule has 4 N–H and O–H groups in total. The molecule has 2 aromatic heterocycles. The number of likely N-dealkylation sites (tertiary alicyclic amines) is 1. The molecule has 1 aliphatic rings. The minimum absolute atomic E-state index is 0.0569. The number of aromatic nitrogens is 2. The van der Waals surface area contributed by atoms with E-state index in [9.17, 15) is 19.8 Å². The summed E-state index contributed by atoms with van der Waals surface area (Å²) in [5.74, 6) is 0.302. The van der Waals surface area contributed by atoms with Gasteiger partial charge in [0.15, 0.2) is 0 Å². The Morgan fingerprint density at radius 3 is 2.50 bits per heavy atom. The number of ether oxygens (including phenoxy) is 1. The highest BCUT2D eigenvalue weighted by atomic mass is 16.5. The van der Waals surface area contributed by atoms with Crippen LogP contribution >= 0.6 is 0 Å². The molecular weight excluding hydrogens is 482 g/mol. The Bertz CT molecular complexity index is 1680. The summed E-state index contributed by atoms with van der Waals surface area (Å²) in [6.45, 7) is 0.176. The average molecular weight is 510 g/mol. The standard InChI is InChI=1S/C30H27N3O5/c34-28-16-33(30(36)37)27(23(28)12-18-6-2-1-3-7-18)17-38-21-10-11-25-20(13-21)15-26(31-25)22-14-19-8-4-5-9-24(19)32-29(22)35/h1-11,13-15,23,27-28,31,34H,12,16-17H2,(H,32,35)(H,36,37)/t23?,27-,28-/m0/s1. The highest BCUT2D eigenvalue weighted by Crippen LogP contribution is 2.31. The number of β-amino-alcohol motifs (C(OH)–C–C–N with tert-alkyl or cyclic N) is 1. The number of fused-ring (bicyclic) bond motifs is 2. The second-order valence-electron chi connectivity index (χ2n) is 9.77. The molecule has 0 saturated carbocycles. The van der Waals surface area contributed by atoms with Crippen molar-refractivity contribution in [3.05, 3.63) is 101 Å². The van der Waals surface area contributed by atoms with Crippen LogP contribution in [-0.2, 0) is 6.42 Å². The Balaban J connectivity index is 1.24. The molecule has 1 aliphatic heterocycles. The third-order valence-electron chi connectivity index (χ3n) is 7.39. The lowest BCUT2D eigenvalue weighted by Gasteiger charge is -2.26. The Labute approximate surface area is 218 Å². The molecule has 3 heterocycles. The number of aliphatic hydroxyl groups is 1. The van der Waals surface area contributed by atoms with Crippen molar-refractivity contribution in [1.29, 1.82) is 0 Å². The molecular formula is C30H27N3O5. The number of carbonyl (C=O) groups is 1. The number of nitrogens with one attached hydrogen (secondary N) is 2. The maximum Gasteiger partial charge on any atom is 0.407 e. The molecule has 0 aliphatic carbocycles. The van der Waals surface area contributed by atoms with Crippen LogP contribution in [0.3, 0.4) is 0 Å². The van der Waals surface area contributed by atoms with E-state index in [1.807, 2.05) is 84.9 Å². The maximum absolute atomic E-state index is 12.7. The van der Waals surface area contributed by atoms with Gasteiger partial charge in [-0.15, -0.1) is 0 Å². The normalized spacial score (nSPS) is 19.3. The molecule has 3 atom stereocenters. The average Bonchev–Trinajstić information content (AvgIpc) is 3.48. The zero-order valence-corrected chi connectivity index (χ0v) is 20.5. The van der Waals surface area contributed by atoms with Gasteiger partial charge in [-0.3, -0.25) is 9.69 Å². The lowest BCUT2D eigenvalue weighted by molar-refractivity contribution is 0.111. The predicted octanol–water partition coefficient (Wildman–Crippen LogP) is 4.64. The highest BCUT2D eigenvalue weighted by molar-refractivity contribution is 5.89. The minimum atomic E-state index is -1.07. The lowest BCUT2D eigenvalue weighted by Crippen LogP contribution is -2.41. The van der Waals surface area contributed by atoms with E-state index in [1.54, 1.807) is 0 Å². The number of rotatable bonds is 6. The van der Waals surface area contributed by atoms with E-state index in [1.165, 1.54) is 4.90 Å². The molecule has 6 rings (SSSR count). The number of para-hydroxylation sites is 1. The van der Waals surface area contributed by atoms with Crippen molar-refractivity contribution >= 4 is 27.9 Å². The van der Waals surface area contributed by atoms with Gasteiger partial charge in [-0.25, -0.2) is 4.79 Å². The van der Waals surface area contributed by atoms with Crippen LogP contribution in [0, 0.1) is 5.92 Å². The number of aliphatic hydroxyl groups excluding tert-OH is 1. The quantitative estimate of drug-likeness (QED) is 0.266. The molecule has 1 fully saturated rings. The van der Waals surface area contributed by atoms with Crippen molar-refractivity contribution in [3.8, 4) is 17.0 Å². The molecule has 0 spiro atoms. The molecule has 38 heavy (non-hydrogen) atoms. The number of amides is 1. The van der Waals surface area contributed by atoms with Crippen LogP contribution in [-0.4, -0.2) is 56.5 Å². The van der Waals surface area contributed by atoms with E-state index in [-0.39, 0.29) is 24.6 Å². The molecule has 1 amide bonds. The first-order chi connectivity index (χ1) is 18.5. The first kappa shape index (κ1) is 23.8. The van der Waals surface area contributed by atoms with Crippen LogP contribution in [0.2, 0.25) is 0 Å². The molecule has 5 aromatic rings. The number of hydrogen-bond acceptors (Lipinski definition) is 4. The number of pyridine rings is 1. The van der Waals surface area contributed by atoms with E-state index in [0.29, 0.717) is 23.4 Å². The van der Waals surface area contributed by atoms with Gasteiger partial charge in [0.1, 0.15) is 12.4 Å². The van der Waals surface area contributed by atoms with Gasteiger partial charge >= 0.3 is 6.09 Å². The molecule has 8 heteroatoms. The summed E-state index contributed by atoms with van der Waals surface area (Å²) in [6, 6.07) is 26.2. The second-order valence-corrected chi connectivity index (χ2v) is 9.77. The van der Waals surface area contributed by atoms with Gasteiger partial charge in [-0.1, -0.05) is 48.5 Å². The smallest absolute Gasteiger partial charge is 0.407 e. The lowest BCUT2D eigenvalue weighted by atomic mass is 9.91. The Kier molecular flexibility index (Phi) is 6.09. The Morgan fingerprint density at radius 2 is 1.68 bits per heavy atom. The second kappa shape index (κ2) is 9.72. The van der Waals surface area contributed by atoms with Gasteiger partial charge in [0.2, 0.25) is 0 Å².